The molecule has 1 amide bonds. The second kappa shape index (κ2) is 5.25. The van der Waals surface area contributed by atoms with Crippen LogP contribution >= 0.6 is 11.3 Å². The van der Waals surface area contributed by atoms with Crippen molar-refractivity contribution in [1.29, 1.82) is 0 Å². The van der Waals surface area contributed by atoms with Gasteiger partial charge in [-0.25, -0.2) is 4.98 Å². The molecule has 1 aromatic carbocycles. The average Bonchev–Trinajstić information content (AvgIpc) is 2.82. The highest BCUT2D eigenvalue weighted by molar-refractivity contribution is 7.16. The third kappa shape index (κ3) is 2.62. The number of hydrogen-bond donors (Lipinski definition) is 2. The topological polar surface area (TPSA) is 62.2 Å². The van der Waals surface area contributed by atoms with Gasteiger partial charge < -0.3 is 10.4 Å². The van der Waals surface area contributed by atoms with Crippen LogP contribution in [0.4, 0.5) is 0 Å². The molecule has 0 saturated heterocycles. The highest BCUT2D eigenvalue weighted by Crippen LogP contribution is 2.19. The molecule has 0 aliphatic carbocycles. The minimum Gasteiger partial charge on any atom is -0.394 e. The van der Waals surface area contributed by atoms with Crippen molar-refractivity contribution in [2.75, 3.05) is 6.61 Å². The maximum Gasteiger partial charge on any atom is 0.251 e. The molecule has 0 aliphatic heterocycles. The van der Waals surface area contributed by atoms with E-state index in [0.29, 0.717) is 12.0 Å². The number of carbonyl (C=O) groups is 1. The number of aromatic nitrogens is 1. The predicted octanol–water partition coefficient (Wildman–Crippen LogP) is 1.80. The predicted molar refractivity (Wildman–Crippen MR) is 68.3 cm³/mol. The molecule has 1 aromatic heterocycles. The molecular formula is C12H14N2O2S. The molecule has 0 radical (unpaired) electrons. The van der Waals surface area contributed by atoms with Crippen molar-refractivity contribution in [3.63, 3.8) is 0 Å². The Balaban J connectivity index is 2.18. The Morgan fingerprint density at radius 1 is 1.59 bits per heavy atom. The van der Waals surface area contributed by atoms with E-state index in [1.165, 1.54) is 11.3 Å². The minimum atomic E-state index is -0.181. The van der Waals surface area contributed by atoms with Gasteiger partial charge in [-0.1, -0.05) is 6.92 Å². The zero-order chi connectivity index (χ0) is 12.3. The summed E-state index contributed by atoms with van der Waals surface area (Å²) >= 11 is 1.51. The molecule has 17 heavy (non-hydrogen) atoms. The summed E-state index contributed by atoms with van der Waals surface area (Å²) in [5.41, 5.74) is 3.27. The normalized spacial score (nSPS) is 12.6. The van der Waals surface area contributed by atoms with Crippen molar-refractivity contribution < 1.29 is 9.90 Å². The Morgan fingerprint density at radius 3 is 3.12 bits per heavy atom. The molecule has 0 bridgehead atoms. The molecule has 4 nitrogen and oxygen atoms in total. The molecule has 1 atom stereocenters. The molecule has 90 valence electrons. The van der Waals surface area contributed by atoms with Gasteiger partial charge in [0.05, 0.1) is 28.4 Å². The molecule has 0 aliphatic rings. The minimum absolute atomic E-state index is 0.0367. The maximum atomic E-state index is 11.9. The van der Waals surface area contributed by atoms with Crippen molar-refractivity contribution in [3.05, 3.63) is 29.3 Å². The number of rotatable bonds is 4. The molecule has 1 heterocycles. The summed E-state index contributed by atoms with van der Waals surface area (Å²) < 4.78 is 0.995. The number of aliphatic hydroxyl groups is 1. The lowest BCUT2D eigenvalue weighted by atomic mass is 10.1. The molecule has 2 aromatic rings. The van der Waals surface area contributed by atoms with Gasteiger partial charge in [-0.2, -0.15) is 0 Å². The number of nitrogens with one attached hydrogen (secondary N) is 1. The van der Waals surface area contributed by atoms with Crippen molar-refractivity contribution in [3.8, 4) is 0 Å². The third-order valence-corrected chi connectivity index (χ3v) is 3.43. The molecular weight excluding hydrogens is 236 g/mol. The number of fused-ring (bicyclic) bond motifs is 1. The first-order valence-electron chi connectivity index (χ1n) is 5.49. The molecule has 5 heteroatoms. The van der Waals surface area contributed by atoms with Crippen LogP contribution in [0.15, 0.2) is 23.7 Å². The zero-order valence-electron chi connectivity index (χ0n) is 9.51. The lowest BCUT2D eigenvalue weighted by Gasteiger charge is -2.13. The Kier molecular flexibility index (Phi) is 3.71. The van der Waals surface area contributed by atoms with Crippen LogP contribution in [-0.4, -0.2) is 28.6 Å². The molecule has 2 N–H and O–H groups in total. The molecule has 0 fully saturated rings. The molecule has 0 spiro atoms. The van der Waals surface area contributed by atoms with E-state index in [2.05, 4.69) is 10.3 Å². The van der Waals surface area contributed by atoms with Crippen LogP contribution in [0.2, 0.25) is 0 Å². The van der Waals surface area contributed by atoms with Gasteiger partial charge in [-0.05, 0) is 24.6 Å². The SMILES string of the molecule is CC[C@H](CO)NC(=O)c1ccc2ncsc2c1. The van der Waals surface area contributed by atoms with Crippen LogP contribution in [-0.2, 0) is 0 Å². The van der Waals surface area contributed by atoms with E-state index in [-0.39, 0.29) is 18.6 Å². The van der Waals surface area contributed by atoms with Crippen LogP contribution in [0.25, 0.3) is 10.2 Å². The van der Waals surface area contributed by atoms with Crippen molar-refractivity contribution in [1.82, 2.24) is 10.3 Å². The van der Waals surface area contributed by atoms with Gasteiger partial charge in [0.2, 0.25) is 0 Å². The third-order valence-electron chi connectivity index (χ3n) is 2.64. The number of hydrogen-bond acceptors (Lipinski definition) is 4. The standard InChI is InChI=1S/C12H14N2O2S/c1-2-9(6-15)14-12(16)8-3-4-10-11(5-8)17-7-13-10/h3-5,7,9,15H,2,6H2,1H3,(H,14,16)/t9-/m1/s1. The van der Waals surface area contributed by atoms with Gasteiger partial charge in [0.25, 0.3) is 5.91 Å². The van der Waals surface area contributed by atoms with Crippen LogP contribution in [0.5, 0.6) is 0 Å². The van der Waals surface area contributed by atoms with Crippen molar-refractivity contribution >= 4 is 27.5 Å². The van der Waals surface area contributed by atoms with E-state index >= 15 is 0 Å². The lowest BCUT2D eigenvalue weighted by Crippen LogP contribution is -2.36. The zero-order valence-corrected chi connectivity index (χ0v) is 10.3. The average molecular weight is 250 g/mol. The van der Waals surface area contributed by atoms with Crippen LogP contribution < -0.4 is 5.32 Å². The van der Waals surface area contributed by atoms with E-state index in [1.807, 2.05) is 19.1 Å². The summed E-state index contributed by atoms with van der Waals surface area (Å²) in [6.07, 6.45) is 0.713. The fourth-order valence-corrected chi connectivity index (χ4v) is 2.26. The summed E-state index contributed by atoms with van der Waals surface area (Å²) in [4.78, 5) is 16.1. The van der Waals surface area contributed by atoms with Crippen LogP contribution in [0, 0.1) is 0 Å². The van der Waals surface area contributed by atoms with Gasteiger partial charge in [0.1, 0.15) is 0 Å². The molecule has 2 rings (SSSR count). The second-order valence-electron chi connectivity index (χ2n) is 3.80. The van der Waals surface area contributed by atoms with E-state index in [0.717, 1.165) is 10.2 Å². The Bertz CT molecular complexity index is 520. The van der Waals surface area contributed by atoms with Gasteiger partial charge in [-0.15, -0.1) is 11.3 Å². The number of amides is 1. The number of carbonyl (C=O) groups excluding carboxylic acids is 1. The van der Waals surface area contributed by atoms with Gasteiger partial charge in [0, 0.05) is 5.56 Å². The summed E-state index contributed by atoms with van der Waals surface area (Å²) in [5, 5.41) is 11.8. The number of thiazole rings is 1. The first-order valence-corrected chi connectivity index (χ1v) is 6.37. The van der Waals surface area contributed by atoms with Crippen molar-refractivity contribution in [2.45, 2.75) is 19.4 Å². The fraction of sp³-hybridized carbons (Fsp3) is 0.333. The largest absolute Gasteiger partial charge is 0.394 e. The van der Waals surface area contributed by atoms with Gasteiger partial charge in [-0.3, -0.25) is 4.79 Å². The summed E-state index contributed by atoms with van der Waals surface area (Å²) in [5.74, 6) is -0.152. The fourth-order valence-electron chi connectivity index (χ4n) is 1.54. The van der Waals surface area contributed by atoms with E-state index in [4.69, 9.17) is 5.11 Å². The van der Waals surface area contributed by atoms with Crippen molar-refractivity contribution in [2.24, 2.45) is 0 Å². The maximum absolute atomic E-state index is 11.9. The highest BCUT2D eigenvalue weighted by Gasteiger charge is 2.11. The summed E-state index contributed by atoms with van der Waals surface area (Å²) in [6, 6.07) is 5.23. The van der Waals surface area contributed by atoms with E-state index < -0.39 is 0 Å². The monoisotopic (exact) mass is 250 g/mol. The Hall–Kier alpha value is -1.46. The first kappa shape index (κ1) is 12.0. The van der Waals surface area contributed by atoms with Crippen LogP contribution in [0.3, 0.4) is 0 Å². The van der Waals surface area contributed by atoms with Gasteiger partial charge >= 0.3 is 0 Å². The van der Waals surface area contributed by atoms with Crippen LogP contribution in [0.1, 0.15) is 23.7 Å². The molecule has 0 unspecified atom stereocenters. The number of nitrogens with zero attached hydrogens (tertiary/aromatic N) is 1. The lowest BCUT2D eigenvalue weighted by molar-refractivity contribution is 0.0915. The first-order chi connectivity index (χ1) is 8.24. The second-order valence-corrected chi connectivity index (χ2v) is 4.68. The smallest absolute Gasteiger partial charge is 0.251 e. The number of benzene rings is 1. The summed E-state index contributed by atoms with van der Waals surface area (Å²) in [6.45, 7) is 1.89. The molecule has 0 saturated carbocycles. The van der Waals surface area contributed by atoms with E-state index in [1.54, 1.807) is 11.6 Å². The number of aliphatic hydroxyl groups excluding tert-OH is 1. The quantitative estimate of drug-likeness (QED) is 0.869. The Labute approximate surface area is 103 Å². The Morgan fingerprint density at radius 2 is 2.41 bits per heavy atom. The highest BCUT2D eigenvalue weighted by atomic mass is 32.1. The summed E-state index contributed by atoms with van der Waals surface area (Å²) in [7, 11) is 0. The van der Waals surface area contributed by atoms with Gasteiger partial charge in [0.15, 0.2) is 0 Å². The van der Waals surface area contributed by atoms with E-state index in [9.17, 15) is 4.79 Å².